The Labute approximate surface area is 116 Å². The molecule has 2 N–H and O–H groups in total. The standard InChI is InChI=1S/C16H15N3O/c17-13-6-5-11-8-18-19(15(11)7-13)9-12-10-20-16-4-2-1-3-14(12)16/h1-8,12H,9-10,17H2. The van der Waals surface area contributed by atoms with Crippen LogP contribution in [0.5, 0.6) is 5.75 Å². The Morgan fingerprint density at radius 2 is 2.15 bits per heavy atom. The molecule has 1 atom stereocenters. The molecular formula is C16H15N3O. The smallest absolute Gasteiger partial charge is 0.122 e. The van der Waals surface area contributed by atoms with Crippen LogP contribution < -0.4 is 10.5 Å². The first-order valence-electron chi connectivity index (χ1n) is 6.74. The van der Waals surface area contributed by atoms with Crippen LogP contribution in [0.4, 0.5) is 5.69 Å². The highest BCUT2D eigenvalue weighted by molar-refractivity contribution is 5.81. The van der Waals surface area contributed by atoms with Crippen molar-refractivity contribution >= 4 is 16.6 Å². The zero-order valence-electron chi connectivity index (χ0n) is 11.0. The normalized spacial score (nSPS) is 17.1. The van der Waals surface area contributed by atoms with E-state index in [1.807, 2.05) is 41.2 Å². The molecule has 1 aromatic heterocycles. The number of para-hydroxylation sites is 1. The molecule has 100 valence electrons. The number of aromatic nitrogens is 2. The summed E-state index contributed by atoms with van der Waals surface area (Å²) in [7, 11) is 0. The van der Waals surface area contributed by atoms with Gasteiger partial charge in [-0.2, -0.15) is 5.10 Å². The van der Waals surface area contributed by atoms with E-state index >= 15 is 0 Å². The van der Waals surface area contributed by atoms with Crippen molar-refractivity contribution < 1.29 is 4.74 Å². The molecule has 4 heteroatoms. The number of hydrogen-bond donors (Lipinski definition) is 1. The van der Waals surface area contributed by atoms with E-state index in [2.05, 4.69) is 17.2 Å². The van der Waals surface area contributed by atoms with Gasteiger partial charge in [-0.25, -0.2) is 0 Å². The van der Waals surface area contributed by atoms with Crippen molar-refractivity contribution in [2.75, 3.05) is 12.3 Å². The third-order valence-corrected chi connectivity index (χ3v) is 3.86. The largest absolute Gasteiger partial charge is 0.493 e. The van der Waals surface area contributed by atoms with Crippen LogP contribution in [0.1, 0.15) is 11.5 Å². The molecule has 0 radical (unpaired) electrons. The molecule has 2 aromatic carbocycles. The van der Waals surface area contributed by atoms with E-state index in [-0.39, 0.29) is 0 Å². The van der Waals surface area contributed by atoms with Crippen LogP contribution in [0, 0.1) is 0 Å². The Balaban J connectivity index is 1.70. The molecule has 0 fully saturated rings. The highest BCUT2D eigenvalue weighted by Gasteiger charge is 2.24. The third-order valence-electron chi connectivity index (χ3n) is 3.86. The molecule has 0 aliphatic carbocycles. The van der Waals surface area contributed by atoms with Gasteiger partial charge in [-0.05, 0) is 24.3 Å². The van der Waals surface area contributed by atoms with Gasteiger partial charge in [0.1, 0.15) is 5.75 Å². The van der Waals surface area contributed by atoms with Crippen LogP contribution in [-0.2, 0) is 6.54 Å². The Hall–Kier alpha value is -2.49. The zero-order valence-corrected chi connectivity index (χ0v) is 11.0. The number of ether oxygens (including phenoxy) is 1. The molecule has 1 aliphatic rings. The highest BCUT2D eigenvalue weighted by Crippen LogP contribution is 2.34. The minimum atomic E-state index is 0.343. The van der Waals surface area contributed by atoms with E-state index < -0.39 is 0 Å². The van der Waals surface area contributed by atoms with Gasteiger partial charge < -0.3 is 10.5 Å². The average molecular weight is 265 g/mol. The zero-order chi connectivity index (χ0) is 13.5. The molecule has 0 amide bonds. The third kappa shape index (κ3) is 1.72. The molecule has 4 nitrogen and oxygen atoms in total. The van der Waals surface area contributed by atoms with Gasteiger partial charge in [0.2, 0.25) is 0 Å². The van der Waals surface area contributed by atoms with Gasteiger partial charge in [0, 0.05) is 22.6 Å². The lowest BCUT2D eigenvalue weighted by Crippen LogP contribution is -2.11. The predicted molar refractivity (Wildman–Crippen MR) is 78.8 cm³/mol. The van der Waals surface area contributed by atoms with E-state index in [0.29, 0.717) is 12.5 Å². The van der Waals surface area contributed by atoms with E-state index in [1.54, 1.807) is 0 Å². The minimum Gasteiger partial charge on any atom is -0.493 e. The number of fused-ring (bicyclic) bond motifs is 2. The predicted octanol–water partition coefficient (Wildman–Crippen LogP) is 2.79. The van der Waals surface area contributed by atoms with Crippen molar-refractivity contribution in [1.82, 2.24) is 9.78 Å². The summed E-state index contributed by atoms with van der Waals surface area (Å²) in [6, 6.07) is 14.1. The summed E-state index contributed by atoms with van der Waals surface area (Å²) in [6.45, 7) is 1.52. The Bertz CT molecular complexity index is 778. The first-order valence-corrected chi connectivity index (χ1v) is 6.74. The van der Waals surface area contributed by atoms with E-state index in [9.17, 15) is 0 Å². The summed E-state index contributed by atoms with van der Waals surface area (Å²) in [5, 5.41) is 5.60. The van der Waals surface area contributed by atoms with Gasteiger partial charge >= 0.3 is 0 Å². The van der Waals surface area contributed by atoms with Crippen molar-refractivity contribution in [2.24, 2.45) is 0 Å². The lowest BCUT2D eigenvalue weighted by molar-refractivity contribution is 0.316. The summed E-state index contributed by atoms with van der Waals surface area (Å²) < 4.78 is 7.75. The quantitative estimate of drug-likeness (QED) is 0.725. The summed E-state index contributed by atoms with van der Waals surface area (Å²) in [6.07, 6.45) is 1.89. The summed E-state index contributed by atoms with van der Waals surface area (Å²) in [5.41, 5.74) is 8.98. The van der Waals surface area contributed by atoms with Crippen LogP contribution in [-0.4, -0.2) is 16.4 Å². The second-order valence-electron chi connectivity index (χ2n) is 5.19. The van der Waals surface area contributed by atoms with Crippen molar-refractivity contribution in [2.45, 2.75) is 12.5 Å². The summed E-state index contributed by atoms with van der Waals surface area (Å²) >= 11 is 0. The Morgan fingerprint density at radius 3 is 3.10 bits per heavy atom. The molecule has 0 spiro atoms. The lowest BCUT2D eigenvalue weighted by Gasteiger charge is -2.10. The monoisotopic (exact) mass is 265 g/mol. The molecule has 2 heterocycles. The van der Waals surface area contributed by atoms with Gasteiger partial charge in [0.05, 0.1) is 24.9 Å². The first-order chi connectivity index (χ1) is 9.81. The molecule has 1 aliphatic heterocycles. The number of anilines is 1. The SMILES string of the molecule is Nc1ccc2cnn(CC3COc4ccccc43)c2c1. The highest BCUT2D eigenvalue weighted by atomic mass is 16.5. The second kappa shape index (κ2) is 4.27. The Morgan fingerprint density at radius 1 is 1.25 bits per heavy atom. The van der Waals surface area contributed by atoms with Gasteiger partial charge in [0.15, 0.2) is 0 Å². The van der Waals surface area contributed by atoms with E-state index in [4.69, 9.17) is 10.5 Å². The summed E-state index contributed by atoms with van der Waals surface area (Å²) in [4.78, 5) is 0. The van der Waals surface area contributed by atoms with Gasteiger partial charge in [-0.3, -0.25) is 4.68 Å². The number of rotatable bonds is 2. The van der Waals surface area contributed by atoms with Gasteiger partial charge in [-0.1, -0.05) is 18.2 Å². The maximum atomic E-state index is 5.87. The van der Waals surface area contributed by atoms with E-state index in [1.165, 1.54) is 5.56 Å². The summed E-state index contributed by atoms with van der Waals surface area (Å²) in [5.74, 6) is 1.34. The van der Waals surface area contributed by atoms with Crippen LogP contribution in [0.3, 0.4) is 0 Å². The topological polar surface area (TPSA) is 53.1 Å². The van der Waals surface area contributed by atoms with E-state index in [0.717, 1.165) is 28.9 Å². The van der Waals surface area contributed by atoms with Crippen molar-refractivity contribution in [1.29, 1.82) is 0 Å². The molecule has 20 heavy (non-hydrogen) atoms. The maximum absolute atomic E-state index is 5.87. The molecule has 0 saturated carbocycles. The van der Waals surface area contributed by atoms with Gasteiger partial charge in [0.25, 0.3) is 0 Å². The molecule has 3 aromatic rings. The molecular weight excluding hydrogens is 250 g/mol. The number of hydrogen-bond acceptors (Lipinski definition) is 3. The van der Waals surface area contributed by atoms with Crippen molar-refractivity contribution in [3.63, 3.8) is 0 Å². The molecule has 0 bridgehead atoms. The number of nitrogens with two attached hydrogens (primary N) is 1. The van der Waals surface area contributed by atoms with Crippen LogP contribution >= 0.6 is 0 Å². The van der Waals surface area contributed by atoms with Gasteiger partial charge in [-0.15, -0.1) is 0 Å². The molecule has 0 saturated heterocycles. The lowest BCUT2D eigenvalue weighted by atomic mass is 10.0. The average Bonchev–Trinajstić information content (AvgIpc) is 3.05. The fourth-order valence-corrected chi connectivity index (χ4v) is 2.82. The molecule has 1 unspecified atom stereocenters. The number of benzene rings is 2. The van der Waals surface area contributed by atoms with Crippen LogP contribution in [0.25, 0.3) is 10.9 Å². The second-order valence-corrected chi connectivity index (χ2v) is 5.19. The van der Waals surface area contributed by atoms with Crippen molar-refractivity contribution in [3.8, 4) is 5.75 Å². The molecule has 4 rings (SSSR count). The minimum absolute atomic E-state index is 0.343. The fourth-order valence-electron chi connectivity index (χ4n) is 2.82. The Kier molecular flexibility index (Phi) is 2.42. The van der Waals surface area contributed by atoms with Crippen LogP contribution in [0.15, 0.2) is 48.7 Å². The number of nitrogens with zero attached hydrogens (tertiary/aromatic N) is 2. The fraction of sp³-hybridized carbons (Fsp3) is 0.188. The maximum Gasteiger partial charge on any atom is 0.122 e. The van der Waals surface area contributed by atoms with Crippen molar-refractivity contribution in [3.05, 3.63) is 54.2 Å². The first kappa shape index (κ1) is 11.3. The number of nitrogen functional groups attached to an aromatic ring is 1. The van der Waals surface area contributed by atoms with Crippen LogP contribution in [0.2, 0.25) is 0 Å².